The maximum atomic E-state index is 13.1. The summed E-state index contributed by atoms with van der Waals surface area (Å²) in [5, 5.41) is 8.94. The Morgan fingerprint density at radius 1 is 1.17 bits per heavy atom. The lowest BCUT2D eigenvalue weighted by atomic mass is 9.90. The molecule has 1 saturated heterocycles. The molecule has 0 atom stereocenters. The molecule has 132 valence electrons. The molecule has 3 N–H and O–H groups in total. The van der Waals surface area contributed by atoms with Crippen molar-refractivity contribution < 1.29 is 9.59 Å². The van der Waals surface area contributed by atoms with Crippen molar-refractivity contribution in [1.29, 1.82) is 0 Å². The number of urea groups is 1. The van der Waals surface area contributed by atoms with E-state index in [1.165, 1.54) is 6.42 Å². The van der Waals surface area contributed by atoms with Crippen LogP contribution in [0.4, 0.5) is 4.79 Å². The summed E-state index contributed by atoms with van der Waals surface area (Å²) < 4.78 is 0. The summed E-state index contributed by atoms with van der Waals surface area (Å²) in [6.45, 7) is 5.16. The van der Waals surface area contributed by atoms with Crippen LogP contribution in [0.25, 0.3) is 0 Å². The van der Waals surface area contributed by atoms with Crippen molar-refractivity contribution in [2.75, 3.05) is 33.2 Å². The molecule has 1 aliphatic heterocycles. The molecule has 0 aromatic carbocycles. The van der Waals surface area contributed by atoms with E-state index in [2.05, 4.69) is 16.0 Å². The zero-order valence-corrected chi connectivity index (χ0v) is 14.6. The average molecular weight is 324 g/mol. The Kier molecular flexibility index (Phi) is 6.69. The van der Waals surface area contributed by atoms with Gasteiger partial charge in [0.05, 0.1) is 0 Å². The largest absolute Gasteiger partial charge is 0.341 e. The van der Waals surface area contributed by atoms with Gasteiger partial charge in [-0.05, 0) is 58.5 Å². The van der Waals surface area contributed by atoms with Crippen LogP contribution in [0.2, 0.25) is 0 Å². The molecule has 6 nitrogen and oxygen atoms in total. The van der Waals surface area contributed by atoms with E-state index in [1.807, 2.05) is 18.9 Å². The topological polar surface area (TPSA) is 73.5 Å². The lowest BCUT2D eigenvalue weighted by Gasteiger charge is -2.39. The van der Waals surface area contributed by atoms with E-state index in [1.54, 1.807) is 0 Å². The Bertz CT molecular complexity index is 399. The van der Waals surface area contributed by atoms with Crippen LogP contribution in [0, 0.1) is 5.92 Å². The molecule has 3 amide bonds. The van der Waals surface area contributed by atoms with Crippen LogP contribution in [0.5, 0.6) is 0 Å². The van der Waals surface area contributed by atoms with Gasteiger partial charge in [-0.25, -0.2) is 4.79 Å². The van der Waals surface area contributed by atoms with E-state index in [-0.39, 0.29) is 11.9 Å². The lowest BCUT2D eigenvalue weighted by Crippen LogP contribution is -2.61. The number of amides is 3. The molecule has 0 spiro atoms. The minimum absolute atomic E-state index is 0.133. The van der Waals surface area contributed by atoms with Crippen LogP contribution >= 0.6 is 0 Å². The Balaban J connectivity index is 1.92. The second-order valence-electron chi connectivity index (χ2n) is 6.90. The predicted molar refractivity (Wildman–Crippen MR) is 91.3 cm³/mol. The van der Waals surface area contributed by atoms with Gasteiger partial charge in [0, 0.05) is 19.6 Å². The summed E-state index contributed by atoms with van der Waals surface area (Å²) >= 11 is 0. The molecule has 23 heavy (non-hydrogen) atoms. The minimum Gasteiger partial charge on any atom is -0.341 e. The molecule has 1 saturated carbocycles. The van der Waals surface area contributed by atoms with E-state index in [4.69, 9.17) is 0 Å². The molecule has 1 heterocycles. The number of carbonyl (C=O) groups is 2. The molecule has 0 aromatic heterocycles. The summed E-state index contributed by atoms with van der Waals surface area (Å²) in [7, 11) is 1.98. The number of hydrogen-bond acceptors (Lipinski definition) is 3. The fourth-order valence-electron chi connectivity index (χ4n) is 3.87. The zero-order valence-electron chi connectivity index (χ0n) is 14.6. The fraction of sp³-hybridized carbons (Fsp3) is 0.882. The van der Waals surface area contributed by atoms with Gasteiger partial charge in [-0.2, -0.15) is 0 Å². The summed E-state index contributed by atoms with van der Waals surface area (Å²) in [5.41, 5.74) is -0.670. The van der Waals surface area contributed by atoms with Gasteiger partial charge < -0.3 is 20.9 Å². The number of nitrogens with one attached hydrogen (secondary N) is 3. The Morgan fingerprint density at radius 2 is 1.83 bits per heavy atom. The fourth-order valence-corrected chi connectivity index (χ4v) is 3.87. The monoisotopic (exact) mass is 324 g/mol. The van der Waals surface area contributed by atoms with Gasteiger partial charge in [0.15, 0.2) is 0 Å². The van der Waals surface area contributed by atoms with Gasteiger partial charge in [-0.15, -0.1) is 0 Å². The van der Waals surface area contributed by atoms with Crippen molar-refractivity contribution in [1.82, 2.24) is 20.9 Å². The second kappa shape index (κ2) is 8.52. The number of likely N-dealkylation sites (tertiary alicyclic amines) is 1. The van der Waals surface area contributed by atoms with E-state index < -0.39 is 5.54 Å². The van der Waals surface area contributed by atoms with Gasteiger partial charge in [-0.1, -0.05) is 12.8 Å². The van der Waals surface area contributed by atoms with E-state index in [0.717, 1.165) is 58.2 Å². The molecule has 2 fully saturated rings. The first-order chi connectivity index (χ1) is 11.1. The summed E-state index contributed by atoms with van der Waals surface area (Å²) in [4.78, 5) is 27.0. The van der Waals surface area contributed by atoms with Gasteiger partial charge in [-0.3, -0.25) is 4.79 Å². The Morgan fingerprint density at radius 3 is 2.39 bits per heavy atom. The van der Waals surface area contributed by atoms with Gasteiger partial charge in [0.2, 0.25) is 5.91 Å². The molecular formula is C17H32N4O2. The van der Waals surface area contributed by atoms with Crippen LogP contribution in [-0.2, 0) is 4.79 Å². The zero-order chi connectivity index (χ0) is 16.7. The molecule has 0 bridgehead atoms. The molecule has 0 aromatic rings. The number of carbonyl (C=O) groups excluding carboxylic acids is 2. The van der Waals surface area contributed by atoms with E-state index >= 15 is 0 Å². The van der Waals surface area contributed by atoms with Crippen LogP contribution in [0.15, 0.2) is 0 Å². The van der Waals surface area contributed by atoms with Crippen LogP contribution in [0.3, 0.4) is 0 Å². The van der Waals surface area contributed by atoms with Crippen molar-refractivity contribution in [3.63, 3.8) is 0 Å². The van der Waals surface area contributed by atoms with Crippen LogP contribution in [0.1, 0.15) is 51.9 Å². The van der Waals surface area contributed by atoms with Crippen molar-refractivity contribution in [3.8, 4) is 0 Å². The maximum Gasteiger partial charge on any atom is 0.315 e. The first-order valence-corrected chi connectivity index (χ1v) is 9.11. The highest BCUT2D eigenvalue weighted by molar-refractivity contribution is 5.91. The lowest BCUT2D eigenvalue weighted by molar-refractivity contribution is -0.139. The Labute approximate surface area is 139 Å². The third kappa shape index (κ3) is 4.59. The first kappa shape index (κ1) is 18.0. The first-order valence-electron chi connectivity index (χ1n) is 9.11. The van der Waals surface area contributed by atoms with Gasteiger partial charge in [0.1, 0.15) is 5.54 Å². The molecule has 6 heteroatoms. The standard InChI is InChI=1S/C17H32N4O2/c1-3-19-16(23)20-17(9-4-5-10-17)15(22)21-12-7-14(8-13-21)6-11-18-2/h14,18H,3-13H2,1-2H3,(H2,19,20,23). The highest BCUT2D eigenvalue weighted by Crippen LogP contribution is 2.33. The molecule has 1 aliphatic carbocycles. The van der Waals surface area contributed by atoms with E-state index in [9.17, 15) is 9.59 Å². The third-order valence-electron chi connectivity index (χ3n) is 5.26. The number of rotatable bonds is 6. The van der Waals surface area contributed by atoms with E-state index in [0.29, 0.717) is 12.5 Å². The number of hydrogen-bond donors (Lipinski definition) is 3. The molecular weight excluding hydrogens is 292 g/mol. The number of piperidine rings is 1. The summed E-state index contributed by atoms with van der Waals surface area (Å²) in [6, 6.07) is -0.216. The summed E-state index contributed by atoms with van der Waals surface area (Å²) in [6.07, 6.45) is 6.88. The van der Waals surface area contributed by atoms with Crippen LogP contribution in [-0.4, -0.2) is 55.6 Å². The summed E-state index contributed by atoms with van der Waals surface area (Å²) in [5.74, 6) is 0.843. The van der Waals surface area contributed by atoms with Crippen molar-refractivity contribution in [3.05, 3.63) is 0 Å². The normalized spacial score (nSPS) is 21.2. The van der Waals surface area contributed by atoms with Crippen molar-refractivity contribution in [2.45, 2.75) is 57.4 Å². The quantitative estimate of drug-likeness (QED) is 0.693. The maximum absolute atomic E-state index is 13.1. The highest BCUT2D eigenvalue weighted by Gasteiger charge is 2.45. The van der Waals surface area contributed by atoms with Gasteiger partial charge >= 0.3 is 6.03 Å². The smallest absolute Gasteiger partial charge is 0.315 e. The molecule has 2 rings (SSSR count). The molecule has 0 unspecified atom stereocenters. The SMILES string of the molecule is CCNC(=O)NC1(C(=O)N2CCC(CCNC)CC2)CCCC1. The molecule has 0 radical (unpaired) electrons. The van der Waals surface area contributed by atoms with Crippen molar-refractivity contribution in [2.24, 2.45) is 5.92 Å². The third-order valence-corrected chi connectivity index (χ3v) is 5.26. The highest BCUT2D eigenvalue weighted by atomic mass is 16.2. The predicted octanol–water partition coefficient (Wildman–Crippen LogP) is 1.47. The molecule has 2 aliphatic rings. The van der Waals surface area contributed by atoms with Crippen molar-refractivity contribution >= 4 is 11.9 Å². The second-order valence-corrected chi connectivity index (χ2v) is 6.90. The minimum atomic E-state index is -0.670. The van der Waals surface area contributed by atoms with Gasteiger partial charge in [0.25, 0.3) is 0 Å². The number of nitrogens with zero attached hydrogens (tertiary/aromatic N) is 1. The van der Waals surface area contributed by atoms with Crippen LogP contribution < -0.4 is 16.0 Å². The average Bonchev–Trinajstić information content (AvgIpc) is 3.02. The Hall–Kier alpha value is -1.30.